The number of methoxy groups -OCH3 is 2. The number of aromatic nitrogens is 1. The fourth-order valence-corrected chi connectivity index (χ4v) is 4.34. The van der Waals surface area contributed by atoms with Gasteiger partial charge in [0, 0.05) is 17.3 Å². The number of benzene rings is 3. The van der Waals surface area contributed by atoms with Gasteiger partial charge in [-0.3, -0.25) is 4.79 Å². The molecule has 9 heteroatoms. The lowest BCUT2D eigenvalue weighted by Crippen LogP contribution is -2.23. The normalized spacial score (nSPS) is 12.0. The van der Waals surface area contributed by atoms with Gasteiger partial charge in [-0.05, 0) is 54.6 Å². The highest BCUT2D eigenvalue weighted by Crippen LogP contribution is 2.37. The van der Waals surface area contributed by atoms with Crippen LogP contribution in [-0.4, -0.2) is 30.0 Å². The molecule has 0 unspecified atom stereocenters. The highest BCUT2D eigenvalue weighted by atomic mass is 19.1. The molecule has 1 aliphatic rings. The van der Waals surface area contributed by atoms with E-state index < -0.39 is 17.5 Å². The molecule has 1 amide bonds. The Balaban J connectivity index is 0.00000172. The first-order valence-electron chi connectivity index (χ1n) is 12.4. The van der Waals surface area contributed by atoms with Crippen molar-refractivity contribution in [2.75, 3.05) is 19.5 Å². The van der Waals surface area contributed by atoms with Crippen molar-refractivity contribution in [2.24, 2.45) is 0 Å². The maximum absolute atomic E-state index is 14.6. The van der Waals surface area contributed by atoms with E-state index in [1.54, 1.807) is 30.2 Å². The van der Waals surface area contributed by atoms with Crippen molar-refractivity contribution in [1.29, 1.82) is 0 Å². The molecule has 1 N–H and O–H groups in total. The van der Waals surface area contributed by atoms with Crippen LogP contribution in [0.15, 0.2) is 66.7 Å². The predicted octanol–water partition coefficient (Wildman–Crippen LogP) is 7.11. The number of fused-ring (bicyclic) bond motifs is 1. The third kappa shape index (κ3) is 5.67. The Hall–Kier alpha value is -4.53. The van der Waals surface area contributed by atoms with Crippen molar-refractivity contribution in [3.63, 3.8) is 0 Å². The minimum Gasteiger partial charge on any atom is -0.497 e. The van der Waals surface area contributed by atoms with Crippen molar-refractivity contribution < 1.29 is 27.4 Å². The summed E-state index contributed by atoms with van der Waals surface area (Å²) in [5, 5.41) is 3.09. The van der Waals surface area contributed by atoms with Crippen LogP contribution in [0.5, 0.6) is 11.5 Å². The van der Waals surface area contributed by atoms with E-state index in [-0.39, 0.29) is 35.8 Å². The molecule has 0 radical (unpaired) electrons. The van der Waals surface area contributed by atoms with Crippen LogP contribution in [0.2, 0.25) is 0 Å². The highest BCUT2D eigenvalue weighted by molar-refractivity contribution is 6.04. The molecule has 0 saturated heterocycles. The average molecular weight is 536 g/mol. The Kier molecular flexibility index (Phi) is 8.39. The highest BCUT2D eigenvalue weighted by Gasteiger charge is 2.33. The third-order valence-electron chi connectivity index (χ3n) is 6.13. The molecular formula is C30H28F3N3O3. The maximum Gasteiger partial charge on any atom is 0.258 e. The fraction of sp³-hybridized carbons (Fsp3) is 0.200. The van der Waals surface area contributed by atoms with Gasteiger partial charge in [0.1, 0.15) is 29.0 Å². The van der Waals surface area contributed by atoms with E-state index in [4.69, 9.17) is 9.47 Å². The molecule has 0 fully saturated rings. The van der Waals surface area contributed by atoms with Gasteiger partial charge in [0.05, 0.1) is 55.5 Å². The van der Waals surface area contributed by atoms with Crippen molar-refractivity contribution in [3.05, 3.63) is 101 Å². The number of rotatable bonds is 7. The van der Waals surface area contributed by atoms with Crippen LogP contribution in [0.4, 0.5) is 24.5 Å². The molecular weight excluding hydrogens is 507 g/mol. The average Bonchev–Trinajstić information content (AvgIpc) is 3.26. The van der Waals surface area contributed by atoms with E-state index in [2.05, 4.69) is 10.3 Å². The lowest BCUT2D eigenvalue weighted by Gasteiger charge is -2.18. The lowest BCUT2D eigenvalue weighted by molar-refractivity contribution is 0.0766. The SMILES string of the molecule is CC.COc1ccc(CN2Cc3nc(-c4c(F)cccc4F)cc(Nc4ccc(F)cc4)c3C2=O)c(OC)c1. The van der Waals surface area contributed by atoms with Gasteiger partial charge in [0.15, 0.2) is 0 Å². The van der Waals surface area contributed by atoms with E-state index in [9.17, 15) is 18.0 Å². The second kappa shape index (κ2) is 11.9. The van der Waals surface area contributed by atoms with E-state index in [0.717, 1.165) is 17.7 Å². The molecule has 2 heterocycles. The number of hydrogen-bond acceptors (Lipinski definition) is 5. The number of halogens is 3. The molecule has 0 aliphatic carbocycles. The van der Waals surface area contributed by atoms with E-state index >= 15 is 0 Å². The van der Waals surface area contributed by atoms with Gasteiger partial charge in [0.25, 0.3) is 5.91 Å². The molecule has 1 aromatic heterocycles. The second-order valence-corrected chi connectivity index (χ2v) is 8.44. The summed E-state index contributed by atoms with van der Waals surface area (Å²) in [6, 6.07) is 15.8. The van der Waals surface area contributed by atoms with Crippen molar-refractivity contribution in [3.8, 4) is 22.8 Å². The van der Waals surface area contributed by atoms with E-state index in [1.807, 2.05) is 13.8 Å². The predicted molar refractivity (Wildman–Crippen MR) is 144 cm³/mol. The number of nitrogens with zero attached hydrogens (tertiary/aromatic N) is 2. The van der Waals surface area contributed by atoms with Crippen molar-refractivity contribution in [1.82, 2.24) is 9.88 Å². The van der Waals surface area contributed by atoms with Crippen molar-refractivity contribution in [2.45, 2.75) is 26.9 Å². The van der Waals surface area contributed by atoms with Crippen molar-refractivity contribution >= 4 is 17.3 Å². The third-order valence-corrected chi connectivity index (χ3v) is 6.13. The Bertz CT molecular complexity index is 1470. The number of carbonyl (C=O) groups excluding carboxylic acids is 1. The molecule has 1 aliphatic heterocycles. The number of pyridine rings is 1. The molecule has 0 spiro atoms. The number of amides is 1. The van der Waals surface area contributed by atoms with E-state index in [0.29, 0.717) is 28.6 Å². The monoisotopic (exact) mass is 535 g/mol. The Morgan fingerprint density at radius 3 is 2.23 bits per heavy atom. The quantitative estimate of drug-likeness (QED) is 0.273. The summed E-state index contributed by atoms with van der Waals surface area (Å²) in [7, 11) is 3.08. The standard InChI is InChI=1S/C28H22F3N3O3.C2H6/c1-36-19-11-6-16(25(12-19)37-2)14-34-15-24-27(28(34)35)23(32-18-9-7-17(29)8-10-18)13-22(33-24)26-20(30)4-3-5-21(26)31;1-2/h3-13H,14-15H2,1-2H3,(H,32,33);1-2H3. The van der Waals surface area contributed by atoms with Gasteiger partial charge in [-0.15, -0.1) is 0 Å². The molecule has 3 aromatic carbocycles. The van der Waals surface area contributed by atoms with Crippen LogP contribution in [0, 0.1) is 17.5 Å². The summed E-state index contributed by atoms with van der Waals surface area (Å²) >= 11 is 0. The number of carbonyl (C=O) groups is 1. The summed E-state index contributed by atoms with van der Waals surface area (Å²) in [5.74, 6) is -1.12. The zero-order valence-corrected chi connectivity index (χ0v) is 22.0. The van der Waals surface area contributed by atoms with Gasteiger partial charge in [0.2, 0.25) is 0 Å². The maximum atomic E-state index is 14.6. The molecule has 6 nitrogen and oxygen atoms in total. The minimum atomic E-state index is -0.774. The Labute approximate surface area is 225 Å². The summed E-state index contributed by atoms with van der Waals surface area (Å²) < 4.78 is 53.4. The number of ether oxygens (including phenoxy) is 2. The largest absolute Gasteiger partial charge is 0.497 e. The van der Waals surface area contributed by atoms with Crippen LogP contribution < -0.4 is 14.8 Å². The van der Waals surface area contributed by atoms with Crippen LogP contribution in [0.25, 0.3) is 11.3 Å². The van der Waals surface area contributed by atoms with Crippen LogP contribution in [0.1, 0.15) is 35.5 Å². The Morgan fingerprint density at radius 1 is 0.897 bits per heavy atom. The molecule has 0 atom stereocenters. The zero-order chi connectivity index (χ0) is 28.1. The lowest BCUT2D eigenvalue weighted by atomic mass is 10.1. The summed E-state index contributed by atoms with van der Waals surface area (Å²) in [5.41, 5.74) is 1.93. The Morgan fingerprint density at radius 2 is 1.59 bits per heavy atom. The first-order chi connectivity index (χ1) is 18.9. The molecule has 0 bridgehead atoms. The first kappa shape index (κ1) is 27.5. The van der Waals surface area contributed by atoms with Gasteiger partial charge in [-0.25, -0.2) is 18.2 Å². The van der Waals surface area contributed by atoms with Crippen LogP contribution in [0.3, 0.4) is 0 Å². The molecule has 0 saturated carbocycles. The molecule has 5 rings (SSSR count). The smallest absolute Gasteiger partial charge is 0.258 e. The van der Waals surface area contributed by atoms with Crippen LogP contribution in [-0.2, 0) is 13.1 Å². The number of anilines is 2. The first-order valence-corrected chi connectivity index (χ1v) is 12.4. The molecule has 4 aromatic rings. The topological polar surface area (TPSA) is 63.7 Å². The summed E-state index contributed by atoms with van der Waals surface area (Å²) in [4.78, 5) is 19.6. The second-order valence-electron chi connectivity index (χ2n) is 8.44. The zero-order valence-electron chi connectivity index (χ0n) is 22.0. The number of hydrogen-bond donors (Lipinski definition) is 1. The minimum absolute atomic E-state index is 0.0376. The summed E-state index contributed by atoms with van der Waals surface area (Å²) in [6.45, 7) is 4.33. The number of nitrogens with one attached hydrogen (secondary N) is 1. The van der Waals surface area contributed by atoms with Gasteiger partial charge >= 0.3 is 0 Å². The molecule has 39 heavy (non-hydrogen) atoms. The van der Waals surface area contributed by atoms with E-state index in [1.165, 1.54) is 43.5 Å². The van der Waals surface area contributed by atoms with Gasteiger partial charge in [-0.2, -0.15) is 0 Å². The van der Waals surface area contributed by atoms with Gasteiger partial charge in [-0.1, -0.05) is 19.9 Å². The molecule has 202 valence electrons. The van der Waals surface area contributed by atoms with Crippen LogP contribution >= 0.6 is 0 Å². The van der Waals surface area contributed by atoms with Gasteiger partial charge < -0.3 is 19.7 Å². The summed E-state index contributed by atoms with van der Waals surface area (Å²) in [6.07, 6.45) is 0. The fourth-order valence-electron chi connectivity index (χ4n) is 4.34.